The molecule has 0 fully saturated rings. The molecular formula is C16H19N3O. The maximum absolute atomic E-state index is 6.36. The van der Waals surface area contributed by atoms with Crippen molar-refractivity contribution in [2.45, 2.75) is 25.8 Å². The zero-order valence-corrected chi connectivity index (χ0v) is 11.8. The molecule has 0 aliphatic heterocycles. The highest BCUT2D eigenvalue weighted by Crippen LogP contribution is 2.27. The number of nitrogens with zero attached hydrogens (tertiary/aromatic N) is 2. The van der Waals surface area contributed by atoms with Gasteiger partial charge in [0.25, 0.3) is 0 Å². The van der Waals surface area contributed by atoms with Gasteiger partial charge < -0.3 is 10.2 Å². The fourth-order valence-corrected chi connectivity index (χ4v) is 2.56. The van der Waals surface area contributed by atoms with Crippen molar-refractivity contribution in [3.8, 4) is 0 Å². The van der Waals surface area contributed by atoms with Crippen molar-refractivity contribution < 1.29 is 4.42 Å². The van der Waals surface area contributed by atoms with E-state index in [1.54, 1.807) is 6.26 Å². The molecule has 3 aromatic rings. The lowest BCUT2D eigenvalue weighted by atomic mass is 10.0. The molecule has 0 amide bonds. The van der Waals surface area contributed by atoms with E-state index in [1.807, 2.05) is 29.9 Å². The minimum atomic E-state index is -0.0845. The topological polar surface area (TPSA) is 57.0 Å². The zero-order chi connectivity index (χ0) is 14.1. The fraction of sp³-hybridized carbons (Fsp3) is 0.312. The Balaban J connectivity index is 1.89. The van der Waals surface area contributed by atoms with E-state index in [0.29, 0.717) is 0 Å². The standard InChI is InChI=1S/C16H19N3O/c1-3-11-8-12(19(2)18-11)9-15(17)14-10-20-16-7-5-4-6-13(14)16/h4-8,10,15H,3,9,17H2,1-2H3. The third-order valence-corrected chi connectivity index (χ3v) is 3.73. The Hall–Kier alpha value is -2.07. The molecule has 2 heterocycles. The Morgan fingerprint density at radius 2 is 2.15 bits per heavy atom. The molecular weight excluding hydrogens is 250 g/mol. The summed E-state index contributed by atoms with van der Waals surface area (Å²) in [6, 6.07) is 10.0. The fourth-order valence-electron chi connectivity index (χ4n) is 2.56. The molecule has 0 radical (unpaired) electrons. The number of aryl methyl sites for hydroxylation is 2. The minimum Gasteiger partial charge on any atom is -0.464 e. The van der Waals surface area contributed by atoms with Crippen LogP contribution in [0.5, 0.6) is 0 Å². The predicted octanol–water partition coefficient (Wildman–Crippen LogP) is 2.97. The molecule has 0 saturated carbocycles. The molecule has 104 valence electrons. The van der Waals surface area contributed by atoms with Crippen LogP contribution in [0.4, 0.5) is 0 Å². The smallest absolute Gasteiger partial charge is 0.134 e. The summed E-state index contributed by atoms with van der Waals surface area (Å²) in [5.74, 6) is 0. The van der Waals surface area contributed by atoms with Crippen molar-refractivity contribution >= 4 is 11.0 Å². The number of aromatic nitrogens is 2. The van der Waals surface area contributed by atoms with Crippen LogP contribution >= 0.6 is 0 Å². The molecule has 4 nitrogen and oxygen atoms in total. The molecule has 2 N–H and O–H groups in total. The lowest BCUT2D eigenvalue weighted by molar-refractivity contribution is 0.591. The van der Waals surface area contributed by atoms with Crippen molar-refractivity contribution in [1.82, 2.24) is 9.78 Å². The lowest BCUT2D eigenvalue weighted by Crippen LogP contribution is -2.15. The van der Waals surface area contributed by atoms with Gasteiger partial charge in [-0.1, -0.05) is 25.1 Å². The number of hydrogen-bond donors (Lipinski definition) is 1. The van der Waals surface area contributed by atoms with Gasteiger partial charge in [-0.05, 0) is 18.6 Å². The van der Waals surface area contributed by atoms with E-state index in [1.165, 1.54) is 0 Å². The Bertz CT molecular complexity index is 726. The molecule has 4 heteroatoms. The second kappa shape index (κ2) is 5.13. The van der Waals surface area contributed by atoms with E-state index in [9.17, 15) is 0 Å². The molecule has 3 rings (SSSR count). The van der Waals surface area contributed by atoms with Gasteiger partial charge in [0.2, 0.25) is 0 Å². The lowest BCUT2D eigenvalue weighted by Gasteiger charge is -2.10. The number of rotatable bonds is 4. The monoisotopic (exact) mass is 269 g/mol. The summed E-state index contributed by atoms with van der Waals surface area (Å²) in [7, 11) is 1.97. The Morgan fingerprint density at radius 3 is 2.90 bits per heavy atom. The van der Waals surface area contributed by atoms with Crippen molar-refractivity contribution in [3.05, 3.63) is 53.5 Å². The largest absolute Gasteiger partial charge is 0.464 e. The first-order chi connectivity index (χ1) is 9.69. The third-order valence-electron chi connectivity index (χ3n) is 3.73. The number of furan rings is 1. The molecule has 2 aromatic heterocycles. The molecule has 1 aromatic carbocycles. The summed E-state index contributed by atoms with van der Waals surface area (Å²) in [6.07, 6.45) is 3.47. The molecule has 20 heavy (non-hydrogen) atoms. The molecule has 1 atom stereocenters. The average molecular weight is 269 g/mol. The second-order valence-corrected chi connectivity index (χ2v) is 5.10. The Labute approximate surface area is 118 Å². The van der Waals surface area contributed by atoms with E-state index in [2.05, 4.69) is 24.2 Å². The van der Waals surface area contributed by atoms with Crippen molar-refractivity contribution in [2.24, 2.45) is 12.8 Å². The summed E-state index contributed by atoms with van der Waals surface area (Å²) < 4.78 is 7.48. The molecule has 0 saturated heterocycles. The molecule has 0 aliphatic rings. The first-order valence-electron chi connectivity index (χ1n) is 6.92. The second-order valence-electron chi connectivity index (χ2n) is 5.10. The van der Waals surface area contributed by atoms with Gasteiger partial charge in [-0.3, -0.25) is 4.68 Å². The van der Waals surface area contributed by atoms with E-state index >= 15 is 0 Å². The highest BCUT2D eigenvalue weighted by atomic mass is 16.3. The first-order valence-corrected chi connectivity index (χ1v) is 6.92. The van der Waals surface area contributed by atoms with Gasteiger partial charge in [-0.15, -0.1) is 0 Å². The summed E-state index contributed by atoms with van der Waals surface area (Å²) in [5.41, 5.74) is 10.6. The molecule has 0 spiro atoms. The number of nitrogens with two attached hydrogens (primary N) is 1. The van der Waals surface area contributed by atoms with Crippen LogP contribution in [0.2, 0.25) is 0 Å². The van der Waals surface area contributed by atoms with Crippen molar-refractivity contribution in [2.75, 3.05) is 0 Å². The van der Waals surface area contributed by atoms with Gasteiger partial charge in [-0.2, -0.15) is 5.10 Å². The minimum absolute atomic E-state index is 0.0845. The van der Waals surface area contributed by atoms with Crippen LogP contribution in [0, 0.1) is 0 Å². The van der Waals surface area contributed by atoms with Gasteiger partial charge >= 0.3 is 0 Å². The number of para-hydroxylation sites is 1. The van der Waals surface area contributed by atoms with Crippen molar-refractivity contribution in [3.63, 3.8) is 0 Å². The Kier molecular flexibility index (Phi) is 3.32. The van der Waals surface area contributed by atoms with Gasteiger partial charge in [0.15, 0.2) is 0 Å². The van der Waals surface area contributed by atoms with Crippen LogP contribution in [0.25, 0.3) is 11.0 Å². The van der Waals surface area contributed by atoms with Crippen LogP contribution in [0.15, 0.2) is 41.0 Å². The van der Waals surface area contributed by atoms with Gasteiger partial charge in [-0.25, -0.2) is 0 Å². The first kappa shape index (κ1) is 12.9. The van der Waals surface area contributed by atoms with E-state index in [-0.39, 0.29) is 6.04 Å². The van der Waals surface area contributed by atoms with Crippen LogP contribution in [-0.2, 0) is 19.9 Å². The summed E-state index contributed by atoms with van der Waals surface area (Å²) in [6.45, 7) is 2.11. The maximum Gasteiger partial charge on any atom is 0.134 e. The van der Waals surface area contributed by atoms with E-state index < -0.39 is 0 Å². The predicted molar refractivity (Wildman–Crippen MR) is 79.4 cm³/mol. The van der Waals surface area contributed by atoms with Gasteiger partial charge in [0.05, 0.1) is 12.0 Å². The van der Waals surface area contributed by atoms with Gasteiger partial charge in [0.1, 0.15) is 5.58 Å². The molecule has 0 aliphatic carbocycles. The summed E-state index contributed by atoms with van der Waals surface area (Å²) >= 11 is 0. The van der Waals surface area contributed by atoms with Crippen LogP contribution < -0.4 is 5.73 Å². The third kappa shape index (κ3) is 2.23. The highest BCUT2D eigenvalue weighted by molar-refractivity contribution is 5.81. The van der Waals surface area contributed by atoms with E-state index in [4.69, 9.17) is 10.2 Å². The van der Waals surface area contributed by atoms with Crippen LogP contribution in [-0.4, -0.2) is 9.78 Å². The number of hydrogen-bond acceptors (Lipinski definition) is 3. The quantitative estimate of drug-likeness (QED) is 0.792. The van der Waals surface area contributed by atoms with E-state index in [0.717, 1.165) is 40.8 Å². The summed E-state index contributed by atoms with van der Waals surface area (Å²) in [4.78, 5) is 0. The molecule has 0 bridgehead atoms. The number of benzene rings is 1. The molecule has 1 unspecified atom stereocenters. The van der Waals surface area contributed by atoms with Gasteiger partial charge in [0, 0.05) is 36.2 Å². The number of fused-ring (bicyclic) bond motifs is 1. The zero-order valence-electron chi connectivity index (χ0n) is 11.8. The Morgan fingerprint density at radius 1 is 1.35 bits per heavy atom. The maximum atomic E-state index is 6.36. The van der Waals surface area contributed by atoms with Crippen LogP contribution in [0.3, 0.4) is 0 Å². The SMILES string of the molecule is CCc1cc(CC(N)c2coc3ccccc23)n(C)n1. The van der Waals surface area contributed by atoms with Crippen LogP contribution in [0.1, 0.15) is 29.9 Å². The van der Waals surface area contributed by atoms with Crippen molar-refractivity contribution in [1.29, 1.82) is 0 Å². The normalized spacial score (nSPS) is 12.9. The highest BCUT2D eigenvalue weighted by Gasteiger charge is 2.15. The average Bonchev–Trinajstić information content (AvgIpc) is 3.03. The summed E-state index contributed by atoms with van der Waals surface area (Å²) in [5, 5.41) is 5.56.